The molecule has 166 valence electrons. The minimum absolute atomic E-state index is 0. The first-order valence-corrected chi connectivity index (χ1v) is 10.7. The van der Waals surface area contributed by atoms with Crippen LogP contribution < -0.4 is 16.4 Å². The third-order valence-electron chi connectivity index (χ3n) is 5.31. The fourth-order valence-electron chi connectivity index (χ4n) is 3.79. The summed E-state index contributed by atoms with van der Waals surface area (Å²) >= 11 is 0. The number of carbonyl (C=O) groups is 1. The van der Waals surface area contributed by atoms with E-state index in [2.05, 4.69) is 33.2 Å². The molecule has 4 rings (SSSR count). The van der Waals surface area contributed by atoms with E-state index < -0.39 is 0 Å². The second-order valence-corrected chi connectivity index (χ2v) is 7.57. The predicted molar refractivity (Wildman–Crippen MR) is 130 cm³/mol. The van der Waals surface area contributed by atoms with Crippen LogP contribution in [0.15, 0.2) is 48.5 Å². The highest BCUT2D eigenvalue weighted by atomic mass is 16.2. The zero-order valence-corrected chi connectivity index (χ0v) is 17.9. The lowest BCUT2D eigenvalue weighted by Gasteiger charge is -2.12. The lowest BCUT2D eigenvalue weighted by molar-refractivity contribution is 0.251. The Hall–Kier alpha value is -4.12. The van der Waals surface area contributed by atoms with Crippen molar-refractivity contribution in [2.75, 3.05) is 17.6 Å². The van der Waals surface area contributed by atoms with Gasteiger partial charge in [0.15, 0.2) is 5.82 Å². The molecule has 0 spiro atoms. The number of anilines is 2. The zero-order valence-electron chi connectivity index (χ0n) is 17.9. The van der Waals surface area contributed by atoms with E-state index in [1.165, 1.54) is 0 Å². The van der Waals surface area contributed by atoms with Crippen molar-refractivity contribution in [1.82, 2.24) is 19.9 Å². The van der Waals surface area contributed by atoms with Crippen molar-refractivity contribution >= 4 is 39.5 Å². The highest BCUT2D eigenvalue weighted by molar-refractivity contribution is 6.06. The van der Waals surface area contributed by atoms with Crippen LogP contribution in [0.5, 0.6) is 0 Å². The Morgan fingerprint density at radius 3 is 2.88 bits per heavy atom. The van der Waals surface area contributed by atoms with E-state index >= 15 is 0 Å². The number of benzene rings is 2. The lowest BCUT2D eigenvalue weighted by Crippen LogP contribution is -2.31. The summed E-state index contributed by atoms with van der Waals surface area (Å²) in [5.41, 5.74) is 9.77. The summed E-state index contributed by atoms with van der Waals surface area (Å²) in [7, 11) is 0. The van der Waals surface area contributed by atoms with Crippen LogP contribution in [0, 0.1) is 11.3 Å². The number of amides is 2. The first kappa shape index (κ1) is 21.1. The number of nitrogens with zero attached hydrogens (tertiary/aromatic N) is 4. The highest BCUT2D eigenvalue weighted by Gasteiger charge is 2.17. The van der Waals surface area contributed by atoms with Crippen molar-refractivity contribution in [2.45, 2.75) is 32.7 Å². The maximum Gasteiger partial charge on any atom is 0.319 e. The SMILES string of the molecule is CCCCc1nc2c(N)nc3ccccc3c2n1CCNC(=O)Nc1cccc(C#N)c1.[HH].[HH]. The molecular weight excluding hydrogens is 402 g/mol. The van der Waals surface area contributed by atoms with Crippen molar-refractivity contribution in [1.29, 1.82) is 5.26 Å². The van der Waals surface area contributed by atoms with Gasteiger partial charge in [0.05, 0.1) is 22.7 Å². The molecule has 0 fully saturated rings. The Morgan fingerprint density at radius 2 is 2.06 bits per heavy atom. The van der Waals surface area contributed by atoms with Gasteiger partial charge in [-0.05, 0) is 30.7 Å². The molecule has 0 radical (unpaired) electrons. The smallest absolute Gasteiger partial charge is 0.319 e. The second kappa shape index (κ2) is 9.35. The van der Waals surface area contributed by atoms with Gasteiger partial charge in [-0.3, -0.25) is 0 Å². The molecule has 0 aliphatic heterocycles. The van der Waals surface area contributed by atoms with Crippen LogP contribution in [0.25, 0.3) is 21.9 Å². The summed E-state index contributed by atoms with van der Waals surface area (Å²) in [5, 5.41) is 15.7. The highest BCUT2D eigenvalue weighted by Crippen LogP contribution is 2.29. The van der Waals surface area contributed by atoms with E-state index in [0.29, 0.717) is 35.7 Å². The number of nitriles is 1. The van der Waals surface area contributed by atoms with E-state index in [0.717, 1.165) is 41.5 Å². The summed E-state index contributed by atoms with van der Waals surface area (Å²) in [6, 6.07) is 16.4. The van der Waals surface area contributed by atoms with Gasteiger partial charge in [-0.25, -0.2) is 14.8 Å². The van der Waals surface area contributed by atoms with Gasteiger partial charge in [-0.15, -0.1) is 0 Å². The van der Waals surface area contributed by atoms with Gasteiger partial charge >= 0.3 is 6.03 Å². The quantitative estimate of drug-likeness (QED) is 0.392. The van der Waals surface area contributed by atoms with Crippen molar-refractivity contribution in [3.8, 4) is 6.07 Å². The Kier molecular flexibility index (Phi) is 6.17. The van der Waals surface area contributed by atoms with Gasteiger partial charge in [0.2, 0.25) is 0 Å². The summed E-state index contributed by atoms with van der Waals surface area (Å²) in [5.74, 6) is 1.36. The second-order valence-electron chi connectivity index (χ2n) is 7.57. The van der Waals surface area contributed by atoms with Gasteiger partial charge < -0.3 is 20.9 Å². The largest absolute Gasteiger partial charge is 0.382 e. The monoisotopic (exact) mass is 431 g/mol. The predicted octanol–water partition coefficient (Wildman–Crippen LogP) is 4.69. The van der Waals surface area contributed by atoms with Crippen molar-refractivity contribution < 1.29 is 7.65 Å². The van der Waals surface area contributed by atoms with Crippen LogP contribution in [0.4, 0.5) is 16.3 Å². The lowest BCUT2D eigenvalue weighted by atomic mass is 10.2. The van der Waals surface area contributed by atoms with E-state index in [1.54, 1.807) is 24.3 Å². The summed E-state index contributed by atoms with van der Waals surface area (Å²) in [6.07, 6.45) is 2.89. The van der Waals surface area contributed by atoms with Crippen molar-refractivity contribution in [3.05, 3.63) is 59.9 Å². The van der Waals surface area contributed by atoms with Gasteiger partial charge in [-0.2, -0.15) is 5.26 Å². The molecule has 0 aliphatic carbocycles. The molecule has 8 heteroatoms. The Labute approximate surface area is 189 Å². The minimum atomic E-state index is -0.328. The van der Waals surface area contributed by atoms with Crippen LogP contribution in [0.1, 0.15) is 34.0 Å². The van der Waals surface area contributed by atoms with E-state index in [1.807, 2.05) is 24.3 Å². The first-order valence-electron chi connectivity index (χ1n) is 10.7. The molecular formula is C24H29N7O. The average Bonchev–Trinajstić information content (AvgIpc) is 3.17. The number of aromatic nitrogens is 3. The molecule has 0 aliphatic rings. The molecule has 4 N–H and O–H groups in total. The molecule has 2 heterocycles. The standard InChI is InChI=1S/C24H25N7O.2H2/c1-2-3-11-20-30-21-22(18-9-4-5-10-19(18)29-23(21)26)31(20)13-12-27-24(32)28-17-8-6-7-16(14-17)15-25;;/h4-10,14H,2-3,11-13H2,1H3,(H2,26,29)(H2,27,28,32);2*1H. The molecule has 2 aromatic heterocycles. The van der Waals surface area contributed by atoms with Crippen molar-refractivity contribution in [3.63, 3.8) is 0 Å². The third kappa shape index (κ3) is 4.32. The number of nitrogens with two attached hydrogens (primary N) is 1. The van der Waals surface area contributed by atoms with Crippen LogP contribution in [0.2, 0.25) is 0 Å². The average molecular weight is 432 g/mol. The van der Waals surface area contributed by atoms with Crippen molar-refractivity contribution in [2.24, 2.45) is 0 Å². The van der Waals surface area contributed by atoms with Crippen LogP contribution in [-0.2, 0) is 13.0 Å². The fourth-order valence-corrected chi connectivity index (χ4v) is 3.79. The molecule has 0 bridgehead atoms. The van der Waals surface area contributed by atoms with E-state index in [-0.39, 0.29) is 8.88 Å². The van der Waals surface area contributed by atoms with Gasteiger partial charge in [0.25, 0.3) is 0 Å². The molecule has 32 heavy (non-hydrogen) atoms. The number of nitrogens with one attached hydrogen (secondary N) is 2. The van der Waals surface area contributed by atoms with Crippen LogP contribution >= 0.6 is 0 Å². The number of unbranched alkanes of at least 4 members (excludes halogenated alkanes) is 1. The van der Waals surface area contributed by atoms with Gasteiger partial charge in [0.1, 0.15) is 11.3 Å². The molecule has 2 amide bonds. The topological polar surface area (TPSA) is 122 Å². The minimum Gasteiger partial charge on any atom is -0.382 e. The number of aryl methyl sites for hydroxylation is 1. The number of hydrogen-bond acceptors (Lipinski definition) is 5. The number of imidazole rings is 1. The first-order chi connectivity index (χ1) is 15.6. The molecule has 0 unspecified atom stereocenters. The molecule has 4 aromatic rings. The van der Waals surface area contributed by atoms with Crippen LogP contribution in [0.3, 0.4) is 0 Å². The summed E-state index contributed by atoms with van der Waals surface area (Å²) < 4.78 is 2.14. The maximum absolute atomic E-state index is 12.4. The normalized spacial score (nSPS) is 10.9. The number of fused-ring (bicyclic) bond motifs is 3. The maximum atomic E-state index is 12.4. The fraction of sp³-hybridized carbons (Fsp3) is 0.250. The Morgan fingerprint density at radius 1 is 1.22 bits per heavy atom. The Bertz CT molecular complexity index is 1330. The summed E-state index contributed by atoms with van der Waals surface area (Å²) in [6.45, 7) is 3.10. The van der Waals surface area contributed by atoms with E-state index in [9.17, 15) is 4.79 Å². The molecule has 2 aromatic carbocycles. The molecule has 8 nitrogen and oxygen atoms in total. The number of hydrogen-bond donors (Lipinski definition) is 3. The number of urea groups is 1. The Balaban J connectivity index is 0.00000204. The third-order valence-corrected chi connectivity index (χ3v) is 5.31. The zero-order chi connectivity index (χ0) is 22.5. The molecule has 0 saturated heterocycles. The number of nitrogen functional groups attached to an aromatic ring is 1. The molecule has 0 atom stereocenters. The number of carbonyl (C=O) groups excluding carboxylic acids is 1. The molecule has 0 saturated carbocycles. The summed E-state index contributed by atoms with van der Waals surface area (Å²) in [4.78, 5) is 21.7. The van der Waals surface area contributed by atoms with Crippen LogP contribution in [-0.4, -0.2) is 27.1 Å². The number of rotatable bonds is 7. The van der Waals surface area contributed by atoms with Gasteiger partial charge in [-0.1, -0.05) is 37.6 Å². The van der Waals surface area contributed by atoms with Gasteiger partial charge in [0, 0.05) is 33.4 Å². The van der Waals surface area contributed by atoms with E-state index in [4.69, 9.17) is 16.0 Å². The number of pyridine rings is 1. The number of para-hydroxylation sites is 1.